The number of nitriles is 1. The van der Waals surface area contributed by atoms with Gasteiger partial charge in [-0.2, -0.15) is 18.4 Å². The number of hydrogen-bond donors (Lipinski definition) is 0. The Bertz CT molecular complexity index is 555. The third kappa shape index (κ3) is 3.46. The third-order valence-electron chi connectivity index (χ3n) is 3.94. The standard InChI is InChI=1S/C15H16F3N3/c16-15(17,18)13-6-5-12(7-19)14(20-13)21(8-10-1-2-10)9-11-3-4-11/h5-6,10-11H,1-4,8-9H2. The van der Waals surface area contributed by atoms with E-state index in [0.717, 1.165) is 31.7 Å². The van der Waals surface area contributed by atoms with Crippen molar-refractivity contribution in [1.82, 2.24) is 4.98 Å². The molecule has 1 aromatic rings. The van der Waals surface area contributed by atoms with Crippen LogP contribution in [-0.4, -0.2) is 18.1 Å². The first kappa shape index (κ1) is 14.2. The molecule has 2 fully saturated rings. The molecule has 2 aliphatic carbocycles. The maximum absolute atomic E-state index is 12.9. The molecule has 2 aliphatic rings. The van der Waals surface area contributed by atoms with Crippen LogP contribution in [0.25, 0.3) is 0 Å². The summed E-state index contributed by atoms with van der Waals surface area (Å²) in [4.78, 5) is 5.65. The summed E-state index contributed by atoms with van der Waals surface area (Å²) in [5.74, 6) is 1.27. The fourth-order valence-corrected chi connectivity index (χ4v) is 2.41. The highest BCUT2D eigenvalue weighted by Crippen LogP contribution is 2.37. The van der Waals surface area contributed by atoms with E-state index in [2.05, 4.69) is 4.98 Å². The van der Waals surface area contributed by atoms with E-state index in [-0.39, 0.29) is 11.4 Å². The van der Waals surface area contributed by atoms with Gasteiger partial charge >= 0.3 is 6.18 Å². The fourth-order valence-electron chi connectivity index (χ4n) is 2.41. The van der Waals surface area contributed by atoms with E-state index in [4.69, 9.17) is 5.26 Å². The van der Waals surface area contributed by atoms with E-state index >= 15 is 0 Å². The molecule has 0 aliphatic heterocycles. The Morgan fingerprint density at radius 2 is 1.71 bits per heavy atom. The summed E-state index contributed by atoms with van der Waals surface area (Å²) < 4.78 is 38.6. The highest BCUT2D eigenvalue weighted by Gasteiger charge is 2.35. The molecule has 0 N–H and O–H groups in total. The van der Waals surface area contributed by atoms with E-state index in [1.165, 1.54) is 6.07 Å². The van der Waals surface area contributed by atoms with Gasteiger partial charge in [0.2, 0.25) is 0 Å². The molecule has 3 rings (SSSR count). The van der Waals surface area contributed by atoms with Gasteiger partial charge in [0.15, 0.2) is 0 Å². The minimum Gasteiger partial charge on any atom is -0.355 e. The maximum Gasteiger partial charge on any atom is 0.433 e. The van der Waals surface area contributed by atoms with Gasteiger partial charge < -0.3 is 4.90 Å². The van der Waals surface area contributed by atoms with Crippen molar-refractivity contribution in [2.45, 2.75) is 31.9 Å². The van der Waals surface area contributed by atoms with E-state index in [0.29, 0.717) is 24.9 Å². The Morgan fingerprint density at radius 1 is 1.14 bits per heavy atom. The molecule has 0 amide bonds. The molecule has 1 heterocycles. The molecular weight excluding hydrogens is 279 g/mol. The van der Waals surface area contributed by atoms with Gasteiger partial charge in [0.25, 0.3) is 0 Å². The van der Waals surface area contributed by atoms with Gasteiger partial charge in [-0.05, 0) is 49.7 Å². The van der Waals surface area contributed by atoms with Gasteiger partial charge in [-0.3, -0.25) is 0 Å². The van der Waals surface area contributed by atoms with Gasteiger partial charge in [-0.25, -0.2) is 4.98 Å². The summed E-state index contributed by atoms with van der Waals surface area (Å²) in [7, 11) is 0. The predicted molar refractivity (Wildman–Crippen MR) is 71.6 cm³/mol. The molecule has 112 valence electrons. The van der Waals surface area contributed by atoms with Crippen LogP contribution in [0, 0.1) is 23.2 Å². The number of alkyl halides is 3. The fraction of sp³-hybridized carbons (Fsp3) is 0.600. The van der Waals surface area contributed by atoms with Crippen molar-refractivity contribution in [2.24, 2.45) is 11.8 Å². The van der Waals surface area contributed by atoms with Gasteiger partial charge in [-0.1, -0.05) is 0 Å². The van der Waals surface area contributed by atoms with E-state index in [1.807, 2.05) is 11.0 Å². The molecule has 0 unspecified atom stereocenters. The average molecular weight is 295 g/mol. The zero-order valence-corrected chi connectivity index (χ0v) is 11.5. The summed E-state index contributed by atoms with van der Waals surface area (Å²) in [5.41, 5.74) is -0.697. The van der Waals surface area contributed by atoms with Crippen LogP contribution in [0.3, 0.4) is 0 Å². The van der Waals surface area contributed by atoms with E-state index < -0.39 is 11.9 Å². The zero-order valence-electron chi connectivity index (χ0n) is 11.5. The van der Waals surface area contributed by atoms with Crippen molar-refractivity contribution in [3.8, 4) is 6.07 Å². The largest absolute Gasteiger partial charge is 0.433 e. The molecular formula is C15H16F3N3. The highest BCUT2D eigenvalue weighted by atomic mass is 19.4. The quantitative estimate of drug-likeness (QED) is 0.833. The minimum absolute atomic E-state index is 0.200. The number of pyridine rings is 1. The molecule has 0 atom stereocenters. The summed E-state index contributed by atoms with van der Waals surface area (Å²) in [6, 6.07) is 4.09. The molecule has 0 radical (unpaired) electrons. The van der Waals surface area contributed by atoms with Crippen molar-refractivity contribution in [2.75, 3.05) is 18.0 Å². The first-order valence-electron chi connectivity index (χ1n) is 7.20. The number of anilines is 1. The highest BCUT2D eigenvalue weighted by molar-refractivity contribution is 5.55. The number of aromatic nitrogens is 1. The predicted octanol–water partition coefficient (Wildman–Crippen LogP) is 3.60. The van der Waals surface area contributed by atoms with Crippen LogP contribution in [-0.2, 0) is 6.18 Å². The normalized spacial score (nSPS) is 18.4. The maximum atomic E-state index is 12.9. The molecule has 0 saturated heterocycles. The summed E-state index contributed by atoms with van der Waals surface area (Å²) >= 11 is 0. The lowest BCUT2D eigenvalue weighted by atomic mass is 10.2. The number of rotatable bonds is 5. The topological polar surface area (TPSA) is 39.9 Å². The lowest BCUT2D eigenvalue weighted by molar-refractivity contribution is -0.141. The van der Waals surface area contributed by atoms with Crippen molar-refractivity contribution in [3.63, 3.8) is 0 Å². The monoisotopic (exact) mass is 295 g/mol. The Balaban J connectivity index is 1.92. The number of halogens is 3. The Kier molecular flexibility index (Phi) is 3.52. The van der Waals surface area contributed by atoms with Crippen LogP contribution in [0.15, 0.2) is 12.1 Å². The first-order valence-corrected chi connectivity index (χ1v) is 7.20. The van der Waals surface area contributed by atoms with Crippen molar-refractivity contribution in [1.29, 1.82) is 5.26 Å². The van der Waals surface area contributed by atoms with Gasteiger partial charge in [-0.15, -0.1) is 0 Å². The minimum atomic E-state index is -4.48. The summed E-state index contributed by atoms with van der Waals surface area (Å²) in [6.07, 6.45) is -0.0262. The van der Waals surface area contributed by atoms with E-state index in [1.54, 1.807) is 0 Å². The second-order valence-corrected chi connectivity index (χ2v) is 5.97. The Morgan fingerprint density at radius 3 is 2.14 bits per heavy atom. The molecule has 3 nitrogen and oxygen atoms in total. The number of nitrogens with zero attached hydrogens (tertiary/aromatic N) is 3. The van der Waals surface area contributed by atoms with Crippen LogP contribution in [0.5, 0.6) is 0 Å². The Hall–Kier alpha value is -1.77. The van der Waals surface area contributed by atoms with Gasteiger partial charge in [0.1, 0.15) is 17.6 Å². The van der Waals surface area contributed by atoms with Crippen LogP contribution in [0.2, 0.25) is 0 Å². The second kappa shape index (κ2) is 5.21. The summed E-state index contributed by atoms with van der Waals surface area (Å²) in [6.45, 7) is 1.42. The molecule has 0 aromatic carbocycles. The van der Waals surface area contributed by atoms with Crippen LogP contribution >= 0.6 is 0 Å². The molecule has 21 heavy (non-hydrogen) atoms. The first-order chi connectivity index (χ1) is 9.97. The van der Waals surface area contributed by atoms with Crippen molar-refractivity contribution in [3.05, 3.63) is 23.4 Å². The van der Waals surface area contributed by atoms with Gasteiger partial charge in [0, 0.05) is 13.1 Å². The lowest BCUT2D eigenvalue weighted by Gasteiger charge is -2.25. The second-order valence-electron chi connectivity index (χ2n) is 5.97. The van der Waals surface area contributed by atoms with Crippen LogP contribution < -0.4 is 4.90 Å². The average Bonchev–Trinajstić information content (AvgIpc) is 3.31. The Labute approximate surface area is 121 Å². The van der Waals surface area contributed by atoms with Crippen molar-refractivity contribution < 1.29 is 13.2 Å². The molecule has 1 aromatic heterocycles. The molecule has 6 heteroatoms. The molecule has 0 spiro atoms. The van der Waals surface area contributed by atoms with Gasteiger partial charge in [0.05, 0.1) is 5.56 Å². The summed E-state index contributed by atoms with van der Waals surface area (Å²) in [5, 5.41) is 9.16. The zero-order chi connectivity index (χ0) is 15.0. The third-order valence-corrected chi connectivity index (χ3v) is 3.94. The number of hydrogen-bond acceptors (Lipinski definition) is 3. The van der Waals surface area contributed by atoms with Crippen LogP contribution in [0.1, 0.15) is 36.9 Å². The SMILES string of the molecule is N#Cc1ccc(C(F)(F)F)nc1N(CC1CC1)CC1CC1. The molecule has 2 saturated carbocycles. The smallest absolute Gasteiger partial charge is 0.355 e. The molecule has 0 bridgehead atoms. The van der Waals surface area contributed by atoms with Crippen LogP contribution in [0.4, 0.5) is 19.0 Å². The lowest BCUT2D eigenvalue weighted by Crippen LogP contribution is -2.30. The van der Waals surface area contributed by atoms with Crippen molar-refractivity contribution >= 4 is 5.82 Å². The van der Waals surface area contributed by atoms with E-state index in [9.17, 15) is 13.2 Å².